The van der Waals surface area contributed by atoms with Crippen molar-refractivity contribution >= 4 is 79.8 Å². The molecule has 9 rings (SSSR count). The summed E-state index contributed by atoms with van der Waals surface area (Å²) < 4.78 is 0. The molecule has 4 heteroatoms. The molecule has 0 spiro atoms. The molecule has 1 nitrogen and oxygen atoms in total. The Balaban J connectivity index is 1.32. The summed E-state index contributed by atoms with van der Waals surface area (Å²) in [6.45, 7) is 0. The van der Waals surface area contributed by atoms with Crippen molar-refractivity contribution < 1.29 is 0 Å². The Kier molecular flexibility index (Phi) is 4.81. The first kappa shape index (κ1) is 22.2. The van der Waals surface area contributed by atoms with E-state index in [0.717, 1.165) is 11.2 Å². The minimum atomic E-state index is -0.669. The summed E-state index contributed by atoms with van der Waals surface area (Å²) in [5.74, 6) is 0. The largest absolute Gasteiger partial charge is 0.248 e. The van der Waals surface area contributed by atoms with E-state index in [9.17, 15) is 0 Å². The zero-order chi connectivity index (χ0) is 25.5. The maximum absolute atomic E-state index is 5.06. The molecule has 2 aliphatic rings. The Morgan fingerprint density at radius 1 is 0.462 bits per heavy atom. The molecular formula is C35H20NPS2. The molecule has 0 bridgehead atoms. The Morgan fingerprint density at radius 3 is 1.56 bits per heavy atom. The van der Waals surface area contributed by atoms with Gasteiger partial charge in [-0.3, -0.25) is 0 Å². The van der Waals surface area contributed by atoms with Crippen molar-refractivity contribution in [2.75, 3.05) is 0 Å². The molecule has 39 heavy (non-hydrogen) atoms. The van der Waals surface area contributed by atoms with Gasteiger partial charge in [-0.15, -0.1) is 0 Å². The highest BCUT2D eigenvalue weighted by Crippen LogP contribution is 2.55. The van der Waals surface area contributed by atoms with Crippen LogP contribution in [0.1, 0.15) is 0 Å². The lowest BCUT2D eigenvalue weighted by Crippen LogP contribution is -2.31. The van der Waals surface area contributed by atoms with Crippen molar-refractivity contribution in [1.29, 1.82) is 0 Å². The predicted molar refractivity (Wildman–Crippen MR) is 169 cm³/mol. The molecule has 0 saturated heterocycles. The quantitative estimate of drug-likeness (QED) is 0.190. The number of aromatic nitrogens is 1. The fourth-order valence-corrected chi connectivity index (χ4v) is 12.0. The van der Waals surface area contributed by atoms with Gasteiger partial charge in [-0.1, -0.05) is 96.3 Å². The lowest BCUT2D eigenvalue weighted by Gasteiger charge is -2.35. The van der Waals surface area contributed by atoms with Crippen LogP contribution in [0.15, 0.2) is 141 Å². The molecule has 0 unspecified atom stereocenters. The lowest BCUT2D eigenvalue weighted by atomic mass is 10.1. The van der Waals surface area contributed by atoms with E-state index in [0.29, 0.717) is 0 Å². The molecule has 6 aromatic carbocycles. The Hall–Kier alpha value is -3.62. The van der Waals surface area contributed by atoms with E-state index in [-0.39, 0.29) is 0 Å². The highest BCUT2D eigenvalue weighted by molar-refractivity contribution is 8.04. The molecule has 0 radical (unpaired) electrons. The minimum absolute atomic E-state index is 0.669. The Morgan fingerprint density at radius 2 is 0.974 bits per heavy atom. The van der Waals surface area contributed by atoms with Crippen molar-refractivity contribution in [2.45, 2.75) is 19.6 Å². The van der Waals surface area contributed by atoms with Crippen LogP contribution < -0.4 is 15.9 Å². The molecule has 1 aromatic heterocycles. The molecule has 0 amide bonds. The fourth-order valence-electron chi connectivity index (χ4n) is 5.87. The van der Waals surface area contributed by atoms with Gasteiger partial charge in [-0.25, -0.2) is 4.98 Å². The van der Waals surface area contributed by atoms with Gasteiger partial charge in [0, 0.05) is 35.8 Å². The molecule has 182 valence electrons. The summed E-state index contributed by atoms with van der Waals surface area (Å²) in [6.07, 6.45) is 0. The van der Waals surface area contributed by atoms with Crippen molar-refractivity contribution in [2.24, 2.45) is 0 Å². The van der Waals surface area contributed by atoms with Gasteiger partial charge in [0.05, 0.1) is 11.2 Å². The average molecular weight is 550 g/mol. The Labute approximate surface area is 236 Å². The number of pyridine rings is 1. The molecule has 0 fully saturated rings. The maximum atomic E-state index is 5.06. The van der Waals surface area contributed by atoms with E-state index >= 15 is 0 Å². The highest BCUT2D eigenvalue weighted by Gasteiger charge is 2.36. The summed E-state index contributed by atoms with van der Waals surface area (Å²) >= 11 is 3.86. The highest BCUT2D eigenvalue weighted by atomic mass is 32.2. The third-order valence-corrected chi connectivity index (χ3v) is 13.2. The first-order chi connectivity index (χ1) is 19.3. The lowest BCUT2D eigenvalue weighted by molar-refractivity contribution is 1.32. The van der Waals surface area contributed by atoms with Gasteiger partial charge in [-0.2, -0.15) is 0 Å². The van der Waals surface area contributed by atoms with E-state index in [4.69, 9.17) is 4.98 Å². The van der Waals surface area contributed by atoms with Gasteiger partial charge in [0.1, 0.15) is 0 Å². The molecule has 0 saturated carbocycles. The number of hydrogen-bond donors (Lipinski definition) is 0. The van der Waals surface area contributed by atoms with Crippen LogP contribution in [-0.4, -0.2) is 4.98 Å². The van der Waals surface area contributed by atoms with E-state index in [2.05, 4.69) is 121 Å². The topological polar surface area (TPSA) is 12.9 Å². The molecule has 0 N–H and O–H groups in total. The Bertz CT molecular complexity index is 2040. The van der Waals surface area contributed by atoms with E-state index in [1.54, 1.807) is 0 Å². The normalized spacial score (nSPS) is 13.8. The zero-order valence-corrected chi connectivity index (χ0v) is 23.3. The molecule has 7 aromatic rings. The first-order valence-corrected chi connectivity index (χ1v) is 16.0. The second-order valence-electron chi connectivity index (χ2n) is 10.1. The molecule has 3 heterocycles. The SMILES string of the molecule is c1ccc2cc3c(cc2c1)Sc1cc(-c2ccc4ccccc4n2)cc2c1P3c1cc3ccccc3cc1S2. The van der Waals surface area contributed by atoms with Crippen molar-refractivity contribution in [1.82, 2.24) is 4.98 Å². The predicted octanol–water partition coefficient (Wildman–Crippen LogP) is 8.90. The van der Waals surface area contributed by atoms with Crippen LogP contribution in [0, 0.1) is 0 Å². The molecule has 0 atom stereocenters. The molecule has 2 aliphatic heterocycles. The van der Waals surface area contributed by atoms with Crippen LogP contribution in [0.2, 0.25) is 0 Å². The standard InChI is InChI=1S/C35H20NPS2/c1-3-10-24-17-31-29(15-22(24)8-1)37-30-16-23-9-2-4-11-25(23)18-32(30)39-34-20-26(19-33(38-31)35(34)37)28-14-13-21-7-5-6-12-27(21)36-28/h1-20H. The number of hydrogen-bond acceptors (Lipinski definition) is 3. The van der Waals surface area contributed by atoms with Gasteiger partial charge < -0.3 is 0 Å². The maximum Gasteiger partial charge on any atom is 0.0710 e. The van der Waals surface area contributed by atoms with Gasteiger partial charge in [0.25, 0.3) is 0 Å². The van der Waals surface area contributed by atoms with E-state index < -0.39 is 7.92 Å². The fraction of sp³-hybridized carbons (Fsp3) is 0. The first-order valence-electron chi connectivity index (χ1n) is 13.0. The van der Waals surface area contributed by atoms with Gasteiger partial charge >= 0.3 is 0 Å². The average Bonchev–Trinajstić information content (AvgIpc) is 2.98. The third kappa shape index (κ3) is 3.44. The van der Waals surface area contributed by atoms with Gasteiger partial charge in [0.15, 0.2) is 0 Å². The monoisotopic (exact) mass is 549 g/mol. The van der Waals surface area contributed by atoms with Gasteiger partial charge in [-0.05, 0) is 88.6 Å². The number of fused-ring (bicyclic) bond motifs is 7. The van der Waals surface area contributed by atoms with Crippen molar-refractivity contribution in [3.8, 4) is 11.3 Å². The van der Waals surface area contributed by atoms with Crippen LogP contribution >= 0.6 is 31.4 Å². The van der Waals surface area contributed by atoms with Crippen LogP contribution in [0.5, 0.6) is 0 Å². The summed E-state index contributed by atoms with van der Waals surface area (Å²) in [5.41, 5.74) is 3.27. The van der Waals surface area contributed by atoms with Crippen LogP contribution in [0.4, 0.5) is 0 Å². The zero-order valence-electron chi connectivity index (χ0n) is 20.8. The second-order valence-corrected chi connectivity index (χ2v) is 14.3. The second kappa shape index (κ2) is 8.44. The van der Waals surface area contributed by atoms with Gasteiger partial charge in [0.2, 0.25) is 0 Å². The molecule has 0 aliphatic carbocycles. The third-order valence-electron chi connectivity index (χ3n) is 7.73. The van der Waals surface area contributed by atoms with Crippen molar-refractivity contribution in [3.05, 3.63) is 121 Å². The number of rotatable bonds is 1. The summed E-state index contributed by atoms with van der Waals surface area (Å²) in [6, 6.07) is 44.8. The molecular weight excluding hydrogens is 530 g/mol. The minimum Gasteiger partial charge on any atom is -0.248 e. The number of para-hydroxylation sites is 1. The van der Waals surface area contributed by atoms with Crippen LogP contribution in [0.25, 0.3) is 43.7 Å². The summed E-state index contributed by atoms with van der Waals surface area (Å²) in [5, 5.41) is 10.9. The van der Waals surface area contributed by atoms with E-state index in [1.165, 1.54) is 68.0 Å². The van der Waals surface area contributed by atoms with Crippen LogP contribution in [-0.2, 0) is 0 Å². The van der Waals surface area contributed by atoms with Crippen LogP contribution in [0.3, 0.4) is 0 Å². The van der Waals surface area contributed by atoms with E-state index in [1.807, 2.05) is 23.5 Å². The number of nitrogens with zero attached hydrogens (tertiary/aromatic N) is 1. The smallest absolute Gasteiger partial charge is 0.0710 e. The summed E-state index contributed by atoms with van der Waals surface area (Å²) in [7, 11) is -0.669. The number of benzene rings is 6. The van der Waals surface area contributed by atoms with Crippen molar-refractivity contribution in [3.63, 3.8) is 0 Å². The summed E-state index contributed by atoms with van der Waals surface area (Å²) in [4.78, 5) is 10.6.